The number of nitrogens with two attached hydrogens (primary N) is 1. The molecule has 1 atom stereocenters. The molecule has 0 bridgehead atoms. The molecule has 3 N–H and O–H groups in total. The summed E-state index contributed by atoms with van der Waals surface area (Å²) >= 11 is 1.58. The molecule has 19 heavy (non-hydrogen) atoms. The van der Waals surface area contributed by atoms with Crippen LogP contribution in [0.25, 0.3) is 0 Å². The summed E-state index contributed by atoms with van der Waals surface area (Å²) in [6.07, 6.45) is 1.81. The van der Waals surface area contributed by atoms with Crippen LogP contribution in [-0.2, 0) is 0 Å². The van der Waals surface area contributed by atoms with E-state index in [4.69, 9.17) is 5.73 Å². The lowest BCUT2D eigenvalue weighted by Gasteiger charge is -2.14. The summed E-state index contributed by atoms with van der Waals surface area (Å²) in [6.45, 7) is 5.79. The van der Waals surface area contributed by atoms with E-state index in [9.17, 15) is 4.79 Å². The quantitative estimate of drug-likeness (QED) is 0.846. The van der Waals surface area contributed by atoms with Crippen LogP contribution in [0, 0.1) is 13.8 Å². The molecule has 0 fully saturated rings. The minimum absolute atomic E-state index is 0.120. The first-order chi connectivity index (χ1) is 8.99. The molecule has 1 aromatic carbocycles. The lowest BCUT2D eigenvalue weighted by molar-refractivity contribution is 0.0940. The van der Waals surface area contributed by atoms with Crippen molar-refractivity contribution in [3.8, 4) is 0 Å². The van der Waals surface area contributed by atoms with Crippen LogP contribution >= 0.6 is 11.3 Å². The van der Waals surface area contributed by atoms with E-state index in [2.05, 4.69) is 10.3 Å². The summed E-state index contributed by atoms with van der Waals surface area (Å²) in [5.41, 5.74) is 7.79. The first kappa shape index (κ1) is 13.5. The number of anilines is 1. The van der Waals surface area contributed by atoms with Crippen LogP contribution in [-0.4, -0.2) is 10.9 Å². The third-order valence-corrected chi connectivity index (χ3v) is 3.98. The van der Waals surface area contributed by atoms with Crippen molar-refractivity contribution in [1.82, 2.24) is 10.3 Å². The van der Waals surface area contributed by atoms with Gasteiger partial charge in [0.05, 0.1) is 11.6 Å². The number of nitrogen functional groups attached to an aromatic ring is 1. The van der Waals surface area contributed by atoms with Gasteiger partial charge in [-0.2, -0.15) is 0 Å². The molecule has 0 radical (unpaired) electrons. The Morgan fingerprint density at radius 1 is 1.42 bits per heavy atom. The van der Waals surface area contributed by atoms with Gasteiger partial charge in [0.1, 0.15) is 5.01 Å². The van der Waals surface area contributed by atoms with Crippen LogP contribution in [0.4, 0.5) is 5.69 Å². The van der Waals surface area contributed by atoms with Gasteiger partial charge in [-0.1, -0.05) is 12.1 Å². The molecule has 0 aliphatic carbocycles. The second-order valence-electron chi connectivity index (χ2n) is 4.54. The Bertz CT molecular complexity index is 586. The maximum absolute atomic E-state index is 12.3. The molecular formula is C14H17N3OS. The highest BCUT2D eigenvalue weighted by atomic mass is 32.1. The molecule has 0 aliphatic heterocycles. The van der Waals surface area contributed by atoms with Crippen molar-refractivity contribution in [3.05, 3.63) is 45.4 Å². The highest BCUT2D eigenvalue weighted by molar-refractivity contribution is 7.11. The Labute approximate surface area is 116 Å². The number of thiazole rings is 1. The van der Waals surface area contributed by atoms with Crippen LogP contribution in [0.3, 0.4) is 0 Å². The molecule has 100 valence electrons. The normalized spacial score (nSPS) is 12.2. The summed E-state index contributed by atoms with van der Waals surface area (Å²) < 4.78 is 0. The van der Waals surface area contributed by atoms with E-state index in [1.807, 2.05) is 39.1 Å². The fraction of sp³-hybridized carbons (Fsp3) is 0.286. The lowest BCUT2D eigenvalue weighted by atomic mass is 10.1. The van der Waals surface area contributed by atoms with Gasteiger partial charge in [-0.25, -0.2) is 4.98 Å². The van der Waals surface area contributed by atoms with Gasteiger partial charge in [0, 0.05) is 16.8 Å². The van der Waals surface area contributed by atoms with E-state index in [-0.39, 0.29) is 11.9 Å². The highest BCUT2D eigenvalue weighted by Gasteiger charge is 2.17. The first-order valence-corrected chi connectivity index (χ1v) is 6.89. The second kappa shape index (κ2) is 5.40. The molecule has 1 unspecified atom stereocenters. The van der Waals surface area contributed by atoms with Gasteiger partial charge in [0.15, 0.2) is 0 Å². The highest BCUT2D eigenvalue weighted by Crippen LogP contribution is 2.21. The molecule has 2 rings (SSSR count). The fourth-order valence-corrected chi connectivity index (χ4v) is 2.68. The van der Waals surface area contributed by atoms with Gasteiger partial charge in [-0.15, -0.1) is 11.3 Å². The number of carbonyl (C=O) groups excluding carboxylic acids is 1. The smallest absolute Gasteiger partial charge is 0.254 e. The van der Waals surface area contributed by atoms with Crippen LogP contribution < -0.4 is 11.1 Å². The summed E-state index contributed by atoms with van der Waals surface area (Å²) in [6, 6.07) is 5.34. The average molecular weight is 275 g/mol. The third-order valence-electron chi connectivity index (χ3n) is 2.89. The average Bonchev–Trinajstić information content (AvgIpc) is 2.75. The molecule has 2 aromatic rings. The van der Waals surface area contributed by atoms with E-state index in [1.165, 1.54) is 0 Å². The van der Waals surface area contributed by atoms with Gasteiger partial charge in [0.25, 0.3) is 5.91 Å². The summed E-state index contributed by atoms with van der Waals surface area (Å²) in [5, 5.41) is 3.84. The molecule has 1 amide bonds. The Kier molecular flexibility index (Phi) is 3.85. The van der Waals surface area contributed by atoms with E-state index >= 15 is 0 Å². The Hall–Kier alpha value is -1.88. The van der Waals surface area contributed by atoms with Crippen LogP contribution in [0.2, 0.25) is 0 Å². The van der Waals surface area contributed by atoms with Crippen LogP contribution in [0.15, 0.2) is 24.4 Å². The van der Waals surface area contributed by atoms with Crippen molar-refractivity contribution >= 4 is 22.9 Å². The van der Waals surface area contributed by atoms with Crippen molar-refractivity contribution in [3.63, 3.8) is 0 Å². The molecule has 0 saturated carbocycles. The topological polar surface area (TPSA) is 68.0 Å². The van der Waals surface area contributed by atoms with Crippen molar-refractivity contribution < 1.29 is 4.79 Å². The molecule has 0 saturated heterocycles. The van der Waals surface area contributed by atoms with E-state index in [0.717, 1.165) is 15.4 Å². The zero-order valence-corrected chi connectivity index (χ0v) is 12.0. The standard InChI is InChI=1S/C14H17N3OS/c1-8-5-4-6-11(15)12(8)13(18)17-10(3)14-16-7-9(2)19-14/h4-7,10H,15H2,1-3H3,(H,17,18). The zero-order valence-electron chi connectivity index (χ0n) is 11.2. The number of benzene rings is 1. The number of nitrogens with one attached hydrogen (secondary N) is 1. The van der Waals surface area contributed by atoms with Gasteiger partial charge >= 0.3 is 0 Å². The van der Waals surface area contributed by atoms with Crippen molar-refractivity contribution in [2.24, 2.45) is 0 Å². The summed E-state index contributed by atoms with van der Waals surface area (Å²) in [4.78, 5) is 17.7. The number of carbonyl (C=O) groups is 1. The van der Waals surface area contributed by atoms with E-state index < -0.39 is 0 Å². The number of hydrogen-bond donors (Lipinski definition) is 2. The number of hydrogen-bond acceptors (Lipinski definition) is 4. The van der Waals surface area contributed by atoms with Gasteiger partial charge in [-0.05, 0) is 32.4 Å². The van der Waals surface area contributed by atoms with Gasteiger partial charge < -0.3 is 11.1 Å². The van der Waals surface area contributed by atoms with E-state index in [1.54, 1.807) is 17.4 Å². The Balaban J connectivity index is 2.17. The SMILES string of the molecule is Cc1cnc(C(C)NC(=O)c2c(C)cccc2N)s1. The summed E-state index contributed by atoms with van der Waals surface area (Å²) in [5.74, 6) is -0.157. The maximum Gasteiger partial charge on any atom is 0.254 e. The van der Waals surface area contributed by atoms with Gasteiger partial charge in [-0.3, -0.25) is 4.79 Å². The molecule has 0 aliphatic rings. The molecule has 5 heteroatoms. The monoisotopic (exact) mass is 275 g/mol. The van der Waals surface area contributed by atoms with Gasteiger partial charge in [0.2, 0.25) is 0 Å². The number of rotatable bonds is 3. The van der Waals surface area contributed by atoms with Crippen molar-refractivity contribution in [2.45, 2.75) is 26.8 Å². The number of nitrogens with zero attached hydrogens (tertiary/aromatic N) is 1. The molecule has 4 nitrogen and oxygen atoms in total. The van der Waals surface area contributed by atoms with Crippen molar-refractivity contribution in [1.29, 1.82) is 0 Å². The Morgan fingerprint density at radius 3 is 2.74 bits per heavy atom. The van der Waals surface area contributed by atoms with Crippen molar-refractivity contribution in [2.75, 3.05) is 5.73 Å². The lowest BCUT2D eigenvalue weighted by Crippen LogP contribution is -2.28. The second-order valence-corrected chi connectivity index (χ2v) is 5.81. The van der Waals surface area contributed by atoms with E-state index in [0.29, 0.717) is 11.3 Å². The third kappa shape index (κ3) is 2.93. The molecule has 1 aromatic heterocycles. The first-order valence-electron chi connectivity index (χ1n) is 6.07. The Morgan fingerprint density at radius 2 is 2.16 bits per heavy atom. The predicted molar refractivity (Wildman–Crippen MR) is 78.3 cm³/mol. The molecular weight excluding hydrogens is 258 g/mol. The number of aryl methyl sites for hydroxylation is 2. The van der Waals surface area contributed by atoms with Crippen LogP contribution in [0.1, 0.15) is 38.8 Å². The molecule has 0 spiro atoms. The predicted octanol–water partition coefficient (Wildman–Crippen LogP) is 2.83. The molecule has 1 heterocycles. The number of aromatic nitrogens is 1. The fourth-order valence-electron chi connectivity index (χ4n) is 1.90. The summed E-state index contributed by atoms with van der Waals surface area (Å²) in [7, 11) is 0. The largest absolute Gasteiger partial charge is 0.398 e. The van der Waals surface area contributed by atoms with Crippen LogP contribution in [0.5, 0.6) is 0 Å². The maximum atomic E-state index is 12.3. The number of amides is 1. The zero-order chi connectivity index (χ0) is 14.0. The minimum atomic E-state index is -0.157. The minimum Gasteiger partial charge on any atom is -0.398 e.